The summed E-state index contributed by atoms with van der Waals surface area (Å²) in [6.07, 6.45) is 0.932. The van der Waals surface area contributed by atoms with Crippen LogP contribution >= 0.6 is 23.1 Å². The van der Waals surface area contributed by atoms with Crippen molar-refractivity contribution in [2.75, 3.05) is 12.9 Å². The van der Waals surface area contributed by atoms with Crippen LogP contribution in [0.25, 0.3) is 10.4 Å². The van der Waals surface area contributed by atoms with E-state index in [9.17, 15) is 14.7 Å². The first-order valence-electron chi connectivity index (χ1n) is 7.33. The van der Waals surface area contributed by atoms with Gasteiger partial charge >= 0.3 is 0 Å². The van der Waals surface area contributed by atoms with E-state index in [0.717, 1.165) is 15.3 Å². The van der Waals surface area contributed by atoms with Crippen molar-refractivity contribution in [1.82, 2.24) is 5.32 Å². The molecule has 0 aliphatic carbocycles. The molecule has 0 aliphatic heterocycles. The maximum absolute atomic E-state index is 12.3. The number of carbonyl (C=O) groups excluding carboxylic acids is 2. The van der Waals surface area contributed by atoms with Crippen LogP contribution in [0.5, 0.6) is 0 Å². The van der Waals surface area contributed by atoms with Crippen molar-refractivity contribution >= 4 is 34.8 Å². The van der Waals surface area contributed by atoms with Gasteiger partial charge < -0.3 is 15.5 Å². The van der Waals surface area contributed by atoms with Gasteiger partial charge in [-0.15, -0.1) is 23.1 Å². The zero-order valence-corrected chi connectivity index (χ0v) is 15.0. The first kappa shape index (κ1) is 18.7. The lowest BCUT2D eigenvalue weighted by Gasteiger charge is -2.18. The molecule has 24 heavy (non-hydrogen) atoms. The summed E-state index contributed by atoms with van der Waals surface area (Å²) in [4.78, 5) is 26.4. The van der Waals surface area contributed by atoms with E-state index in [1.54, 1.807) is 17.8 Å². The van der Waals surface area contributed by atoms with Gasteiger partial charge in [0.2, 0.25) is 0 Å². The first-order valence-corrected chi connectivity index (χ1v) is 9.37. The SMILES string of the molecule is CSc1ccc(-c2ccc(C(=O)N[C@H](C(=O)CO)[C@@H](C)O)s2)cc1. The third kappa shape index (κ3) is 4.45. The van der Waals surface area contributed by atoms with E-state index in [1.165, 1.54) is 18.3 Å². The predicted molar refractivity (Wildman–Crippen MR) is 96.6 cm³/mol. The molecule has 1 heterocycles. The molecular weight excluding hydrogens is 346 g/mol. The third-order valence-electron chi connectivity index (χ3n) is 3.48. The fourth-order valence-electron chi connectivity index (χ4n) is 2.15. The van der Waals surface area contributed by atoms with Gasteiger partial charge in [0.1, 0.15) is 12.6 Å². The monoisotopic (exact) mass is 365 g/mol. The maximum Gasteiger partial charge on any atom is 0.262 e. The minimum absolute atomic E-state index is 0.440. The number of amides is 1. The van der Waals surface area contributed by atoms with Crippen LogP contribution in [0.3, 0.4) is 0 Å². The van der Waals surface area contributed by atoms with Gasteiger partial charge in [0, 0.05) is 9.77 Å². The molecule has 0 fully saturated rings. The van der Waals surface area contributed by atoms with E-state index in [0.29, 0.717) is 4.88 Å². The average Bonchev–Trinajstić information content (AvgIpc) is 3.08. The molecule has 1 aromatic heterocycles. The van der Waals surface area contributed by atoms with Gasteiger partial charge in [-0.1, -0.05) is 12.1 Å². The number of benzene rings is 1. The smallest absolute Gasteiger partial charge is 0.262 e. The quantitative estimate of drug-likeness (QED) is 0.655. The summed E-state index contributed by atoms with van der Waals surface area (Å²) in [7, 11) is 0. The first-order chi connectivity index (χ1) is 11.5. The van der Waals surface area contributed by atoms with Crippen molar-refractivity contribution < 1.29 is 19.8 Å². The number of aliphatic hydroxyl groups excluding tert-OH is 2. The Labute approximate surface area is 148 Å². The minimum Gasteiger partial charge on any atom is -0.391 e. The molecule has 0 saturated carbocycles. The zero-order valence-electron chi connectivity index (χ0n) is 13.4. The van der Waals surface area contributed by atoms with E-state index in [-0.39, 0.29) is 0 Å². The molecule has 2 rings (SSSR count). The van der Waals surface area contributed by atoms with Crippen molar-refractivity contribution in [2.24, 2.45) is 0 Å². The summed E-state index contributed by atoms with van der Waals surface area (Å²) < 4.78 is 0. The lowest BCUT2D eigenvalue weighted by atomic mass is 10.1. The van der Waals surface area contributed by atoms with Crippen LogP contribution in [0.4, 0.5) is 0 Å². The van der Waals surface area contributed by atoms with Crippen LogP contribution in [-0.4, -0.2) is 46.9 Å². The highest BCUT2D eigenvalue weighted by Gasteiger charge is 2.25. The summed E-state index contributed by atoms with van der Waals surface area (Å²) in [5, 5.41) is 21.0. The molecule has 0 radical (unpaired) electrons. The summed E-state index contributed by atoms with van der Waals surface area (Å²) in [6.45, 7) is 0.666. The van der Waals surface area contributed by atoms with Gasteiger partial charge in [0.25, 0.3) is 5.91 Å². The van der Waals surface area contributed by atoms with E-state index in [4.69, 9.17) is 5.11 Å². The van der Waals surface area contributed by atoms with E-state index >= 15 is 0 Å². The molecule has 3 N–H and O–H groups in total. The molecule has 2 aromatic rings. The van der Waals surface area contributed by atoms with Gasteiger partial charge in [-0.2, -0.15) is 0 Å². The normalized spacial score (nSPS) is 13.3. The van der Waals surface area contributed by atoms with Gasteiger partial charge in [-0.25, -0.2) is 0 Å². The molecule has 0 unspecified atom stereocenters. The molecule has 128 valence electrons. The topological polar surface area (TPSA) is 86.6 Å². The Morgan fingerprint density at radius 2 is 1.88 bits per heavy atom. The van der Waals surface area contributed by atoms with E-state index < -0.39 is 30.4 Å². The van der Waals surface area contributed by atoms with Gasteiger partial charge in [0.15, 0.2) is 5.78 Å². The molecule has 0 saturated heterocycles. The highest BCUT2D eigenvalue weighted by atomic mass is 32.2. The maximum atomic E-state index is 12.3. The van der Waals surface area contributed by atoms with Crippen LogP contribution in [0.1, 0.15) is 16.6 Å². The number of rotatable bonds is 7. The molecular formula is C17H19NO4S2. The van der Waals surface area contributed by atoms with Crippen LogP contribution in [0, 0.1) is 0 Å². The number of carbonyl (C=O) groups is 2. The molecule has 1 amide bonds. The molecule has 0 spiro atoms. The number of thioether (sulfide) groups is 1. The lowest BCUT2D eigenvalue weighted by molar-refractivity contribution is -0.125. The fraction of sp³-hybridized carbons (Fsp3) is 0.294. The number of aliphatic hydroxyl groups is 2. The molecule has 0 bridgehead atoms. The number of nitrogens with one attached hydrogen (secondary N) is 1. The van der Waals surface area contributed by atoms with Crippen molar-refractivity contribution in [2.45, 2.75) is 24.0 Å². The summed E-state index contributed by atoms with van der Waals surface area (Å²) in [5.74, 6) is -1.07. The standard InChI is InChI=1S/C17H19NO4S2/c1-10(20)16(13(21)9-19)18-17(22)15-8-7-14(24-15)11-3-5-12(23-2)6-4-11/h3-8,10,16,19-20H,9H2,1-2H3,(H,18,22)/t10-,16+/m1/s1. The predicted octanol–water partition coefficient (Wildman–Crippen LogP) is 2.18. The summed E-state index contributed by atoms with van der Waals surface area (Å²) in [5.41, 5.74) is 1.01. The number of hydrogen-bond acceptors (Lipinski definition) is 6. The van der Waals surface area contributed by atoms with Crippen molar-refractivity contribution in [3.8, 4) is 10.4 Å². The number of ketones is 1. The Morgan fingerprint density at radius 3 is 2.42 bits per heavy atom. The van der Waals surface area contributed by atoms with Crippen molar-refractivity contribution in [3.05, 3.63) is 41.3 Å². The van der Waals surface area contributed by atoms with Gasteiger partial charge in [-0.3, -0.25) is 9.59 Å². The van der Waals surface area contributed by atoms with Crippen LogP contribution in [-0.2, 0) is 4.79 Å². The Balaban J connectivity index is 2.13. The second-order valence-corrected chi connectivity index (χ2v) is 7.17. The largest absolute Gasteiger partial charge is 0.391 e. The minimum atomic E-state index is -1.12. The lowest BCUT2D eigenvalue weighted by Crippen LogP contribution is -2.48. The van der Waals surface area contributed by atoms with E-state index in [2.05, 4.69) is 5.32 Å². The Kier molecular flexibility index (Phi) is 6.56. The Bertz CT molecular complexity index is 710. The Hall–Kier alpha value is -1.67. The summed E-state index contributed by atoms with van der Waals surface area (Å²) >= 11 is 2.97. The highest BCUT2D eigenvalue weighted by molar-refractivity contribution is 7.98. The number of thiophene rings is 1. The second-order valence-electron chi connectivity index (χ2n) is 5.21. The second kappa shape index (κ2) is 8.43. The average molecular weight is 365 g/mol. The zero-order chi connectivity index (χ0) is 17.7. The number of hydrogen-bond donors (Lipinski definition) is 3. The van der Waals surface area contributed by atoms with Gasteiger partial charge in [0.05, 0.1) is 11.0 Å². The molecule has 1 aromatic carbocycles. The third-order valence-corrected chi connectivity index (χ3v) is 5.35. The van der Waals surface area contributed by atoms with Crippen LogP contribution < -0.4 is 5.32 Å². The van der Waals surface area contributed by atoms with Crippen LogP contribution in [0.15, 0.2) is 41.3 Å². The highest BCUT2D eigenvalue weighted by Crippen LogP contribution is 2.29. The molecule has 7 heteroatoms. The number of Topliss-reactive ketones (excluding diaryl/α,β-unsaturated/α-hetero) is 1. The molecule has 0 aliphatic rings. The molecule has 5 nitrogen and oxygen atoms in total. The summed E-state index contributed by atoms with van der Waals surface area (Å²) in [6, 6.07) is 10.4. The Morgan fingerprint density at radius 1 is 1.21 bits per heavy atom. The van der Waals surface area contributed by atoms with Crippen molar-refractivity contribution in [3.63, 3.8) is 0 Å². The van der Waals surface area contributed by atoms with Gasteiger partial charge in [-0.05, 0) is 43.0 Å². The van der Waals surface area contributed by atoms with E-state index in [1.807, 2.05) is 36.6 Å². The molecule has 2 atom stereocenters. The fourth-order valence-corrected chi connectivity index (χ4v) is 3.47. The van der Waals surface area contributed by atoms with Crippen LogP contribution in [0.2, 0.25) is 0 Å². The van der Waals surface area contributed by atoms with Crippen molar-refractivity contribution in [1.29, 1.82) is 0 Å².